The molecule has 2 nitrogen and oxygen atoms in total. The molecule has 0 saturated heterocycles. The molecule has 3 heteroatoms. The van der Waals surface area contributed by atoms with Gasteiger partial charge in [-0.1, -0.05) is 19.8 Å². The number of nitrogens with one attached hydrogen (secondary N) is 1. The van der Waals surface area contributed by atoms with Crippen molar-refractivity contribution in [2.75, 3.05) is 0 Å². The monoisotopic (exact) mass is 259 g/mol. The molecule has 1 atom stereocenters. The summed E-state index contributed by atoms with van der Waals surface area (Å²) in [6, 6.07) is 2.49. The Morgan fingerprint density at radius 3 is 2.93 bits per heavy atom. The maximum atomic E-state index is 5.31. The molecule has 80 valence electrons. The molecular formula is C11H18BrNO. The topological polar surface area (TPSA) is 25.2 Å². The van der Waals surface area contributed by atoms with Gasteiger partial charge in [-0.05, 0) is 35.3 Å². The van der Waals surface area contributed by atoms with Crippen LogP contribution in [0.1, 0.15) is 38.9 Å². The molecule has 0 aromatic carbocycles. The fourth-order valence-corrected chi connectivity index (χ4v) is 1.67. The van der Waals surface area contributed by atoms with E-state index in [2.05, 4.69) is 35.1 Å². The highest BCUT2D eigenvalue weighted by Gasteiger charge is 2.05. The molecule has 0 bridgehead atoms. The summed E-state index contributed by atoms with van der Waals surface area (Å²) in [6.45, 7) is 5.24. The number of unbranched alkanes of at least 4 members (excludes halogenated alkanes) is 1. The van der Waals surface area contributed by atoms with E-state index in [1.54, 1.807) is 6.26 Å². The second-order valence-corrected chi connectivity index (χ2v) is 4.47. The van der Waals surface area contributed by atoms with Crippen LogP contribution in [0, 0.1) is 0 Å². The standard InChI is InChI=1S/C11H18BrNO/c1-3-4-5-9(2)13-8-11-10(12)6-7-14-11/h6-7,9,13H,3-5,8H2,1-2H3. The number of hydrogen-bond acceptors (Lipinski definition) is 2. The van der Waals surface area contributed by atoms with E-state index >= 15 is 0 Å². The van der Waals surface area contributed by atoms with E-state index < -0.39 is 0 Å². The first kappa shape index (κ1) is 11.8. The molecular weight excluding hydrogens is 242 g/mol. The summed E-state index contributed by atoms with van der Waals surface area (Å²) >= 11 is 3.44. The summed E-state index contributed by atoms with van der Waals surface area (Å²) in [6.07, 6.45) is 5.48. The molecule has 0 saturated carbocycles. The van der Waals surface area contributed by atoms with Crippen LogP contribution in [0.25, 0.3) is 0 Å². The summed E-state index contributed by atoms with van der Waals surface area (Å²) in [5.74, 6) is 0.980. The summed E-state index contributed by atoms with van der Waals surface area (Å²) in [4.78, 5) is 0. The molecule has 1 rings (SSSR count). The first-order valence-corrected chi connectivity index (χ1v) is 5.98. The quantitative estimate of drug-likeness (QED) is 0.843. The summed E-state index contributed by atoms with van der Waals surface area (Å²) in [5.41, 5.74) is 0. The minimum absolute atomic E-state index is 0.562. The molecule has 1 heterocycles. The van der Waals surface area contributed by atoms with Gasteiger partial charge in [0.2, 0.25) is 0 Å². The van der Waals surface area contributed by atoms with E-state index in [9.17, 15) is 0 Å². The maximum absolute atomic E-state index is 5.31. The fourth-order valence-electron chi connectivity index (χ4n) is 1.33. The lowest BCUT2D eigenvalue weighted by atomic mass is 10.1. The molecule has 0 fully saturated rings. The van der Waals surface area contributed by atoms with Crippen molar-refractivity contribution >= 4 is 15.9 Å². The van der Waals surface area contributed by atoms with Crippen molar-refractivity contribution in [3.05, 3.63) is 22.6 Å². The zero-order valence-electron chi connectivity index (χ0n) is 8.85. The lowest BCUT2D eigenvalue weighted by molar-refractivity contribution is 0.435. The average Bonchev–Trinajstić information content (AvgIpc) is 2.58. The van der Waals surface area contributed by atoms with Gasteiger partial charge in [0.1, 0.15) is 5.76 Å². The van der Waals surface area contributed by atoms with Gasteiger partial charge in [-0.25, -0.2) is 0 Å². The van der Waals surface area contributed by atoms with E-state index in [-0.39, 0.29) is 0 Å². The van der Waals surface area contributed by atoms with Crippen LogP contribution >= 0.6 is 15.9 Å². The Labute approximate surface area is 94.2 Å². The number of hydrogen-bond donors (Lipinski definition) is 1. The Hall–Kier alpha value is -0.280. The number of rotatable bonds is 6. The molecule has 0 aliphatic heterocycles. The van der Waals surface area contributed by atoms with Crippen molar-refractivity contribution in [2.24, 2.45) is 0 Å². The Morgan fingerprint density at radius 1 is 1.57 bits per heavy atom. The molecule has 0 aliphatic carbocycles. The molecule has 1 aromatic heterocycles. The third-order valence-corrected chi connectivity index (χ3v) is 3.00. The molecule has 1 aromatic rings. The number of halogens is 1. The van der Waals surface area contributed by atoms with Gasteiger partial charge in [0, 0.05) is 6.04 Å². The highest BCUT2D eigenvalue weighted by molar-refractivity contribution is 9.10. The van der Waals surface area contributed by atoms with Gasteiger partial charge in [0.25, 0.3) is 0 Å². The van der Waals surface area contributed by atoms with Crippen LogP contribution in [0.2, 0.25) is 0 Å². The lowest BCUT2D eigenvalue weighted by Crippen LogP contribution is -2.25. The van der Waals surface area contributed by atoms with Crippen molar-refractivity contribution in [3.8, 4) is 0 Å². The van der Waals surface area contributed by atoms with Crippen LogP contribution in [-0.4, -0.2) is 6.04 Å². The minimum Gasteiger partial charge on any atom is -0.467 e. The van der Waals surface area contributed by atoms with E-state index in [1.165, 1.54) is 19.3 Å². The summed E-state index contributed by atoms with van der Waals surface area (Å²) in [7, 11) is 0. The van der Waals surface area contributed by atoms with Crippen molar-refractivity contribution in [1.82, 2.24) is 5.32 Å². The second kappa shape index (κ2) is 6.25. The van der Waals surface area contributed by atoms with Crippen LogP contribution in [0.15, 0.2) is 21.2 Å². The van der Waals surface area contributed by atoms with Gasteiger partial charge in [0.15, 0.2) is 0 Å². The molecule has 0 amide bonds. The Bertz CT molecular complexity index is 260. The first-order chi connectivity index (χ1) is 6.74. The van der Waals surface area contributed by atoms with Crippen molar-refractivity contribution in [2.45, 2.75) is 45.7 Å². The van der Waals surface area contributed by atoms with E-state index in [1.807, 2.05) is 6.07 Å². The fraction of sp³-hybridized carbons (Fsp3) is 0.636. The highest BCUT2D eigenvalue weighted by atomic mass is 79.9. The Morgan fingerprint density at radius 2 is 2.36 bits per heavy atom. The molecule has 14 heavy (non-hydrogen) atoms. The van der Waals surface area contributed by atoms with Crippen LogP contribution < -0.4 is 5.32 Å². The maximum Gasteiger partial charge on any atom is 0.131 e. The molecule has 0 aliphatic rings. The minimum atomic E-state index is 0.562. The van der Waals surface area contributed by atoms with Crippen LogP contribution in [-0.2, 0) is 6.54 Å². The summed E-state index contributed by atoms with van der Waals surface area (Å²) < 4.78 is 6.36. The molecule has 0 spiro atoms. The van der Waals surface area contributed by atoms with Crippen molar-refractivity contribution < 1.29 is 4.42 Å². The van der Waals surface area contributed by atoms with Gasteiger partial charge in [-0.2, -0.15) is 0 Å². The zero-order chi connectivity index (χ0) is 10.4. The second-order valence-electron chi connectivity index (χ2n) is 3.62. The van der Waals surface area contributed by atoms with E-state index in [4.69, 9.17) is 4.42 Å². The largest absolute Gasteiger partial charge is 0.467 e. The predicted octanol–water partition coefficient (Wildman–Crippen LogP) is 3.71. The third-order valence-electron chi connectivity index (χ3n) is 2.29. The first-order valence-electron chi connectivity index (χ1n) is 5.19. The average molecular weight is 260 g/mol. The van der Waals surface area contributed by atoms with Gasteiger partial charge < -0.3 is 9.73 Å². The van der Waals surface area contributed by atoms with Crippen LogP contribution in [0.5, 0.6) is 0 Å². The third kappa shape index (κ3) is 3.84. The SMILES string of the molecule is CCCCC(C)NCc1occc1Br. The van der Waals surface area contributed by atoms with Crippen LogP contribution in [0.4, 0.5) is 0 Å². The van der Waals surface area contributed by atoms with E-state index in [0.717, 1.165) is 16.8 Å². The van der Waals surface area contributed by atoms with Gasteiger partial charge in [-0.3, -0.25) is 0 Å². The summed E-state index contributed by atoms with van der Waals surface area (Å²) in [5, 5.41) is 3.44. The van der Waals surface area contributed by atoms with Gasteiger partial charge >= 0.3 is 0 Å². The van der Waals surface area contributed by atoms with Gasteiger partial charge in [-0.15, -0.1) is 0 Å². The predicted molar refractivity (Wildman–Crippen MR) is 62.2 cm³/mol. The zero-order valence-corrected chi connectivity index (χ0v) is 10.4. The van der Waals surface area contributed by atoms with Crippen molar-refractivity contribution in [3.63, 3.8) is 0 Å². The lowest BCUT2D eigenvalue weighted by Gasteiger charge is -2.11. The molecule has 1 unspecified atom stereocenters. The van der Waals surface area contributed by atoms with Crippen LogP contribution in [0.3, 0.4) is 0 Å². The van der Waals surface area contributed by atoms with E-state index in [0.29, 0.717) is 6.04 Å². The molecule has 1 N–H and O–H groups in total. The Balaban J connectivity index is 2.23. The smallest absolute Gasteiger partial charge is 0.131 e. The molecule has 0 radical (unpaired) electrons. The number of furan rings is 1. The highest BCUT2D eigenvalue weighted by Crippen LogP contribution is 2.17. The van der Waals surface area contributed by atoms with Gasteiger partial charge in [0.05, 0.1) is 17.3 Å². The normalized spacial score (nSPS) is 13.1. The van der Waals surface area contributed by atoms with Crippen molar-refractivity contribution in [1.29, 1.82) is 0 Å². The Kier molecular flexibility index (Phi) is 5.26.